The van der Waals surface area contributed by atoms with E-state index in [1.807, 2.05) is 0 Å². The third kappa shape index (κ3) is 3.55. The summed E-state index contributed by atoms with van der Waals surface area (Å²) in [5, 5.41) is 19.7. The van der Waals surface area contributed by atoms with Crippen LogP contribution in [0.4, 0.5) is 4.79 Å². The van der Waals surface area contributed by atoms with E-state index in [1.54, 1.807) is 20.8 Å². The fraction of sp³-hybridized carbons (Fsp3) is 0.909. The average molecular weight is 246 g/mol. The molecule has 0 aliphatic carbocycles. The summed E-state index contributed by atoms with van der Waals surface area (Å²) >= 11 is 0. The third-order valence-corrected chi connectivity index (χ3v) is 2.83. The number of piperidine rings is 1. The van der Waals surface area contributed by atoms with Gasteiger partial charge < -0.3 is 25.6 Å². The molecule has 0 aromatic carbocycles. The summed E-state index contributed by atoms with van der Waals surface area (Å²) in [6.07, 6.45) is -1.26. The summed E-state index contributed by atoms with van der Waals surface area (Å²) in [5.74, 6) is 0. The molecule has 1 aliphatic rings. The van der Waals surface area contributed by atoms with Gasteiger partial charge in [0.05, 0.1) is 6.54 Å². The van der Waals surface area contributed by atoms with E-state index in [9.17, 15) is 15.0 Å². The van der Waals surface area contributed by atoms with Gasteiger partial charge in [0.25, 0.3) is 0 Å². The lowest BCUT2D eigenvalue weighted by atomic mass is 9.89. The molecule has 6 heteroatoms. The van der Waals surface area contributed by atoms with Crippen LogP contribution in [0, 0.1) is 0 Å². The first-order chi connectivity index (χ1) is 7.68. The van der Waals surface area contributed by atoms with Gasteiger partial charge in [-0.05, 0) is 27.2 Å². The fourth-order valence-electron chi connectivity index (χ4n) is 1.70. The van der Waals surface area contributed by atoms with E-state index in [4.69, 9.17) is 10.5 Å². The van der Waals surface area contributed by atoms with Gasteiger partial charge in [0.1, 0.15) is 17.3 Å². The van der Waals surface area contributed by atoms with Gasteiger partial charge >= 0.3 is 6.09 Å². The molecule has 1 fully saturated rings. The Morgan fingerprint density at radius 3 is 2.59 bits per heavy atom. The Morgan fingerprint density at radius 2 is 2.18 bits per heavy atom. The summed E-state index contributed by atoms with van der Waals surface area (Å²) in [6, 6.07) is 0. The van der Waals surface area contributed by atoms with Gasteiger partial charge in [-0.25, -0.2) is 4.79 Å². The zero-order chi connectivity index (χ0) is 13.3. The van der Waals surface area contributed by atoms with Crippen LogP contribution in [0.1, 0.15) is 27.2 Å². The van der Waals surface area contributed by atoms with Gasteiger partial charge in [-0.1, -0.05) is 0 Å². The van der Waals surface area contributed by atoms with Crippen LogP contribution in [0.2, 0.25) is 0 Å². The lowest BCUT2D eigenvalue weighted by Crippen LogP contribution is -2.60. The van der Waals surface area contributed by atoms with Crippen LogP contribution in [0.3, 0.4) is 0 Å². The zero-order valence-electron chi connectivity index (χ0n) is 10.6. The Bertz CT molecular complexity index is 290. The summed E-state index contributed by atoms with van der Waals surface area (Å²) in [5.41, 5.74) is 3.55. The molecule has 0 aromatic rings. The highest BCUT2D eigenvalue weighted by molar-refractivity contribution is 5.68. The van der Waals surface area contributed by atoms with Crippen LogP contribution < -0.4 is 5.73 Å². The number of nitrogens with zero attached hydrogens (tertiary/aromatic N) is 1. The van der Waals surface area contributed by atoms with Crippen molar-refractivity contribution >= 4 is 6.09 Å². The number of aliphatic hydroxyl groups is 2. The minimum atomic E-state index is -1.29. The Balaban J connectivity index is 2.58. The molecule has 100 valence electrons. The molecule has 1 saturated heterocycles. The number of hydrogen-bond donors (Lipinski definition) is 3. The van der Waals surface area contributed by atoms with E-state index in [0.717, 1.165) is 0 Å². The maximum atomic E-state index is 11.7. The minimum absolute atomic E-state index is 0.0175. The number of β-amino-alcohol motifs (C(OH)–C–C–N with tert-alkyl or cyclic N) is 1. The standard InChI is InChI=1S/C11H22N2O4/c1-10(2,3)17-9(15)13-5-4-11(16,7-12)8(14)6-13/h8,14,16H,4-7,12H2,1-3H3. The van der Waals surface area contributed by atoms with Crippen LogP contribution in [0.25, 0.3) is 0 Å². The van der Waals surface area contributed by atoms with Crippen molar-refractivity contribution in [2.24, 2.45) is 5.73 Å². The number of aliphatic hydroxyl groups excluding tert-OH is 1. The molecule has 0 spiro atoms. The van der Waals surface area contributed by atoms with E-state index in [1.165, 1.54) is 4.90 Å². The molecule has 4 N–H and O–H groups in total. The second-order valence-electron chi connectivity index (χ2n) is 5.50. The number of ether oxygens (including phenoxy) is 1. The molecule has 0 radical (unpaired) electrons. The second-order valence-corrected chi connectivity index (χ2v) is 5.50. The first kappa shape index (κ1) is 14.2. The molecule has 6 nitrogen and oxygen atoms in total. The molecule has 1 rings (SSSR count). The van der Waals surface area contributed by atoms with E-state index in [-0.39, 0.29) is 19.5 Å². The summed E-state index contributed by atoms with van der Waals surface area (Å²) < 4.78 is 5.19. The fourth-order valence-corrected chi connectivity index (χ4v) is 1.70. The van der Waals surface area contributed by atoms with Gasteiger partial charge in [-0.15, -0.1) is 0 Å². The van der Waals surface area contributed by atoms with Gasteiger partial charge in [0.15, 0.2) is 0 Å². The summed E-state index contributed by atoms with van der Waals surface area (Å²) in [6.45, 7) is 5.70. The maximum absolute atomic E-state index is 11.7. The van der Waals surface area contributed by atoms with E-state index in [0.29, 0.717) is 6.54 Å². The van der Waals surface area contributed by atoms with Crippen molar-refractivity contribution in [1.82, 2.24) is 4.90 Å². The predicted octanol–water partition coefficient (Wildman–Crippen LogP) is -0.322. The van der Waals surface area contributed by atoms with Crippen LogP contribution in [0.5, 0.6) is 0 Å². The average Bonchev–Trinajstić information content (AvgIpc) is 2.19. The van der Waals surface area contributed by atoms with Gasteiger partial charge in [-0.2, -0.15) is 0 Å². The van der Waals surface area contributed by atoms with Crippen molar-refractivity contribution in [2.45, 2.75) is 44.5 Å². The first-order valence-electron chi connectivity index (χ1n) is 5.76. The van der Waals surface area contributed by atoms with Gasteiger partial charge in [0, 0.05) is 13.1 Å². The highest BCUT2D eigenvalue weighted by Gasteiger charge is 2.41. The number of rotatable bonds is 1. The Labute approximate surface area is 101 Å². The van der Waals surface area contributed by atoms with Crippen molar-refractivity contribution in [3.8, 4) is 0 Å². The van der Waals surface area contributed by atoms with Crippen molar-refractivity contribution in [1.29, 1.82) is 0 Å². The summed E-state index contributed by atoms with van der Waals surface area (Å²) in [7, 11) is 0. The third-order valence-electron chi connectivity index (χ3n) is 2.83. The second kappa shape index (κ2) is 4.80. The highest BCUT2D eigenvalue weighted by Crippen LogP contribution is 2.23. The first-order valence-corrected chi connectivity index (χ1v) is 5.76. The molecule has 1 heterocycles. The Hall–Kier alpha value is -0.850. The highest BCUT2D eigenvalue weighted by atomic mass is 16.6. The molecule has 0 saturated carbocycles. The topological polar surface area (TPSA) is 96.0 Å². The normalized spacial score (nSPS) is 30.2. The maximum Gasteiger partial charge on any atom is 0.410 e. The lowest BCUT2D eigenvalue weighted by Gasteiger charge is -2.41. The van der Waals surface area contributed by atoms with E-state index in [2.05, 4.69) is 0 Å². The van der Waals surface area contributed by atoms with Gasteiger partial charge in [0.2, 0.25) is 0 Å². The van der Waals surface area contributed by atoms with Crippen LogP contribution in [-0.4, -0.2) is 58.1 Å². The van der Waals surface area contributed by atoms with E-state index >= 15 is 0 Å². The number of likely N-dealkylation sites (tertiary alicyclic amines) is 1. The minimum Gasteiger partial charge on any atom is -0.444 e. The van der Waals surface area contributed by atoms with Crippen LogP contribution in [-0.2, 0) is 4.74 Å². The number of carbonyl (C=O) groups is 1. The molecule has 1 amide bonds. The Morgan fingerprint density at radius 1 is 1.59 bits per heavy atom. The molecule has 2 unspecified atom stereocenters. The molecular weight excluding hydrogens is 224 g/mol. The van der Waals surface area contributed by atoms with Crippen molar-refractivity contribution < 1.29 is 19.7 Å². The molecule has 1 aliphatic heterocycles. The predicted molar refractivity (Wildman–Crippen MR) is 62.4 cm³/mol. The summed E-state index contributed by atoms with van der Waals surface area (Å²) in [4.78, 5) is 13.1. The number of nitrogens with two attached hydrogens (primary N) is 1. The molecule has 0 bridgehead atoms. The Kier molecular flexibility index (Phi) is 4.01. The SMILES string of the molecule is CC(C)(C)OC(=O)N1CCC(O)(CN)C(O)C1. The van der Waals surface area contributed by atoms with Crippen molar-refractivity contribution in [2.75, 3.05) is 19.6 Å². The molecular formula is C11H22N2O4. The molecule has 17 heavy (non-hydrogen) atoms. The van der Waals surface area contributed by atoms with E-state index < -0.39 is 23.4 Å². The monoisotopic (exact) mass is 246 g/mol. The zero-order valence-corrected chi connectivity index (χ0v) is 10.6. The number of carbonyl (C=O) groups excluding carboxylic acids is 1. The molecule has 2 atom stereocenters. The number of amides is 1. The lowest BCUT2D eigenvalue weighted by molar-refractivity contribution is -0.111. The van der Waals surface area contributed by atoms with Crippen molar-refractivity contribution in [3.63, 3.8) is 0 Å². The largest absolute Gasteiger partial charge is 0.444 e. The van der Waals surface area contributed by atoms with Crippen LogP contribution in [0.15, 0.2) is 0 Å². The quantitative estimate of drug-likeness (QED) is 0.589. The van der Waals surface area contributed by atoms with Crippen molar-refractivity contribution in [3.05, 3.63) is 0 Å². The number of hydrogen-bond acceptors (Lipinski definition) is 5. The molecule has 0 aromatic heterocycles. The van der Waals surface area contributed by atoms with Crippen LogP contribution >= 0.6 is 0 Å². The van der Waals surface area contributed by atoms with Gasteiger partial charge in [-0.3, -0.25) is 0 Å². The smallest absolute Gasteiger partial charge is 0.410 e.